The molecule has 0 aromatic heterocycles. The minimum atomic E-state index is -3.42. The predicted molar refractivity (Wildman–Crippen MR) is 112 cm³/mol. The van der Waals surface area contributed by atoms with Crippen LogP contribution < -0.4 is 14.8 Å². The van der Waals surface area contributed by atoms with Crippen LogP contribution in [0.5, 0.6) is 5.75 Å². The number of hydrogen-bond acceptors (Lipinski definition) is 4. The summed E-state index contributed by atoms with van der Waals surface area (Å²) in [5, 5.41) is 3.29. The number of aliphatic imine (C=N–C) groups is 1. The normalized spacial score (nSPS) is 11.9. The van der Waals surface area contributed by atoms with E-state index >= 15 is 0 Å². The van der Waals surface area contributed by atoms with Gasteiger partial charge in [-0.25, -0.2) is 18.1 Å². The molecule has 0 saturated heterocycles. The van der Waals surface area contributed by atoms with Crippen molar-refractivity contribution in [3.05, 3.63) is 59.7 Å². The second-order valence-electron chi connectivity index (χ2n) is 6.23. The van der Waals surface area contributed by atoms with Gasteiger partial charge in [-0.05, 0) is 49.4 Å². The molecule has 0 unspecified atom stereocenters. The number of rotatable bonds is 8. The fourth-order valence-electron chi connectivity index (χ4n) is 2.61. The summed E-state index contributed by atoms with van der Waals surface area (Å²) in [5.41, 5.74) is 2.08. The maximum Gasteiger partial charge on any atom is 0.240 e. The van der Waals surface area contributed by atoms with Gasteiger partial charge in [-0.2, -0.15) is 0 Å². The van der Waals surface area contributed by atoms with Crippen LogP contribution in [0.15, 0.2) is 58.4 Å². The summed E-state index contributed by atoms with van der Waals surface area (Å²) in [6.07, 6.45) is 0. The Morgan fingerprint density at radius 3 is 2.21 bits per heavy atom. The Kier molecular flexibility index (Phi) is 7.83. The van der Waals surface area contributed by atoms with E-state index in [1.807, 2.05) is 43.1 Å². The quantitative estimate of drug-likeness (QED) is 0.521. The fraction of sp³-hybridized carbons (Fsp3) is 0.350. The van der Waals surface area contributed by atoms with Crippen molar-refractivity contribution in [1.29, 1.82) is 0 Å². The Morgan fingerprint density at radius 2 is 1.68 bits per heavy atom. The van der Waals surface area contributed by atoms with Crippen molar-refractivity contribution in [3.8, 4) is 5.75 Å². The smallest absolute Gasteiger partial charge is 0.240 e. The molecule has 7 nitrogen and oxygen atoms in total. The number of guanidine groups is 1. The monoisotopic (exact) mass is 404 g/mol. The van der Waals surface area contributed by atoms with Crippen molar-refractivity contribution in [1.82, 2.24) is 14.9 Å². The molecule has 2 rings (SSSR count). The van der Waals surface area contributed by atoms with Crippen LogP contribution in [0.3, 0.4) is 0 Å². The van der Waals surface area contributed by atoms with Crippen LogP contribution in [-0.2, 0) is 23.1 Å². The van der Waals surface area contributed by atoms with Crippen LogP contribution >= 0.6 is 0 Å². The topological polar surface area (TPSA) is 83.0 Å². The predicted octanol–water partition coefficient (Wildman–Crippen LogP) is 2.20. The van der Waals surface area contributed by atoms with E-state index in [0.29, 0.717) is 13.1 Å². The van der Waals surface area contributed by atoms with Gasteiger partial charge < -0.3 is 15.0 Å². The second kappa shape index (κ2) is 10.1. The van der Waals surface area contributed by atoms with Gasteiger partial charge in [0.1, 0.15) is 5.75 Å². The first-order valence-corrected chi connectivity index (χ1v) is 10.5. The zero-order valence-electron chi connectivity index (χ0n) is 16.8. The van der Waals surface area contributed by atoms with Gasteiger partial charge in [0.05, 0.1) is 18.6 Å². The van der Waals surface area contributed by atoms with Crippen molar-refractivity contribution in [3.63, 3.8) is 0 Å². The molecule has 0 atom stereocenters. The van der Waals surface area contributed by atoms with Crippen LogP contribution in [0.1, 0.15) is 18.1 Å². The molecule has 0 radical (unpaired) electrons. The molecule has 2 N–H and O–H groups in total. The molecular formula is C20H28N4O3S. The zero-order chi connectivity index (χ0) is 20.6. The summed E-state index contributed by atoms with van der Waals surface area (Å²) in [6, 6.07) is 14.7. The van der Waals surface area contributed by atoms with Gasteiger partial charge >= 0.3 is 0 Å². The zero-order valence-corrected chi connectivity index (χ0v) is 17.6. The molecule has 0 bridgehead atoms. The van der Waals surface area contributed by atoms with E-state index in [2.05, 4.69) is 15.0 Å². The van der Waals surface area contributed by atoms with Crippen molar-refractivity contribution in [2.24, 2.45) is 4.99 Å². The third kappa shape index (κ3) is 5.97. The summed E-state index contributed by atoms with van der Waals surface area (Å²) in [4.78, 5) is 6.96. The second-order valence-corrected chi connectivity index (χ2v) is 8.11. The molecule has 0 aliphatic rings. The highest BCUT2D eigenvalue weighted by molar-refractivity contribution is 7.89. The molecular weight excluding hydrogens is 376 g/mol. The number of sulfonamides is 1. The van der Waals surface area contributed by atoms with E-state index in [0.717, 1.165) is 29.4 Å². The molecule has 152 valence electrons. The highest BCUT2D eigenvalue weighted by Gasteiger charge is 2.11. The minimum absolute atomic E-state index is 0.242. The first-order chi connectivity index (χ1) is 13.4. The summed E-state index contributed by atoms with van der Waals surface area (Å²) >= 11 is 0. The molecule has 28 heavy (non-hydrogen) atoms. The molecule has 0 saturated carbocycles. The average molecular weight is 405 g/mol. The largest absolute Gasteiger partial charge is 0.497 e. The van der Waals surface area contributed by atoms with Gasteiger partial charge in [0, 0.05) is 20.1 Å². The third-order valence-electron chi connectivity index (χ3n) is 4.19. The number of nitrogens with zero attached hydrogens (tertiary/aromatic N) is 2. The number of ether oxygens (including phenoxy) is 1. The number of methoxy groups -OCH3 is 1. The van der Waals surface area contributed by atoms with Crippen molar-refractivity contribution in [2.45, 2.75) is 24.9 Å². The average Bonchev–Trinajstić information content (AvgIpc) is 2.72. The lowest BCUT2D eigenvalue weighted by atomic mass is 10.2. The maximum absolute atomic E-state index is 11.8. The van der Waals surface area contributed by atoms with Crippen molar-refractivity contribution < 1.29 is 13.2 Å². The summed E-state index contributed by atoms with van der Waals surface area (Å²) in [7, 11) is 1.61. The van der Waals surface area contributed by atoms with Gasteiger partial charge in [-0.3, -0.25) is 0 Å². The maximum atomic E-state index is 11.8. The highest BCUT2D eigenvalue weighted by Crippen LogP contribution is 2.13. The van der Waals surface area contributed by atoms with Gasteiger partial charge in [0.25, 0.3) is 0 Å². The first-order valence-electron chi connectivity index (χ1n) is 9.04. The lowest BCUT2D eigenvalue weighted by Gasteiger charge is -2.22. The van der Waals surface area contributed by atoms with Gasteiger partial charge in [0.2, 0.25) is 10.0 Å². The van der Waals surface area contributed by atoms with E-state index in [1.54, 1.807) is 31.4 Å². The van der Waals surface area contributed by atoms with Gasteiger partial charge in [0.15, 0.2) is 5.96 Å². The molecule has 0 fully saturated rings. The van der Waals surface area contributed by atoms with E-state index in [1.165, 1.54) is 7.05 Å². The molecule has 8 heteroatoms. The Labute approximate surface area is 167 Å². The van der Waals surface area contributed by atoms with Crippen LogP contribution in [0, 0.1) is 0 Å². The van der Waals surface area contributed by atoms with E-state index in [4.69, 9.17) is 4.74 Å². The third-order valence-corrected chi connectivity index (χ3v) is 5.62. The molecule has 2 aromatic carbocycles. The Bertz CT molecular complexity index is 879. The number of nitrogens with one attached hydrogen (secondary N) is 2. The molecule has 0 aliphatic carbocycles. The molecule has 0 spiro atoms. The van der Waals surface area contributed by atoms with Gasteiger partial charge in [-0.1, -0.05) is 24.3 Å². The van der Waals surface area contributed by atoms with E-state index in [9.17, 15) is 8.42 Å². The molecule has 0 heterocycles. The van der Waals surface area contributed by atoms with Crippen molar-refractivity contribution in [2.75, 3.05) is 27.7 Å². The summed E-state index contributed by atoms with van der Waals surface area (Å²) < 4.78 is 31.1. The summed E-state index contributed by atoms with van der Waals surface area (Å²) in [5.74, 6) is 1.61. The highest BCUT2D eigenvalue weighted by atomic mass is 32.2. The number of benzene rings is 2. The SMILES string of the molecule is CCNC(=NCc1ccc(S(=O)(=O)NC)cc1)N(C)Cc1ccc(OC)cc1. The molecule has 0 aliphatic heterocycles. The Hall–Kier alpha value is -2.58. The summed E-state index contributed by atoms with van der Waals surface area (Å²) in [6.45, 7) is 3.93. The lowest BCUT2D eigenvalue weighted by Crippen LogP contribution is -2.38. The standard InChI is InChI=1S/C20H28N4O3S/c1-5-22-20(24(3)15-17-6-10-18(27-4)11-7-17)23-14-16-8-12-19(13-9-16)28(25,26)21-2/h6-13,21H,5,14-15H2,1-4H3,(H,22,23). The Morgan fingerprint density at radius 1 is 1.07 bits per heavy atom. The van der Waals surface area contributed by atoms with Crippen LogP contribution in [0.25, 0.3) is 0 Å². The Balaban J connectivity index is 2.08. The first kappa shape index (κ1) is 21.7. The van der Waals surface area contributed by atoms with E-state index in [-0.39, 0.29) is 4.90 Å². The lowest BCUT2D eigenvalue weighted by molar-refractivity contribution is 0.414. The molecule has 0 amide bonds. The fourth-order valence-corrected chi connectivity index (χ4v) is 3.34. The van der Waals surface area contributed by atoms with E-state index < -0.39 is 10.0 Å². The van der Waals surface area contributed by atoms with Crippen LogP contribution in [0.4, 0.5) is 0 Å². The minimum Gasteiger partial charge on any atom is -0.497 e. The van der Waals surface area contributed by atoms with Gasteiger partial charge in [-0.15, -0.1) is 0 Å². The van der Waals surface area contributed by atoms with Crippen LogP contribution in [-0.4, -0.2) is 47.0 Å². The molecule has 2 aromatic rings. The number of hydrogen-bond donors (Lipinski definition) is 2. The van der Waals surface area contributed by atoms with Crippen molar-refractivity contribution >= 4 is 16.0 Å². The van der Waals surface area contributed by atoms with Crippen LogP contribution in [0.2, 0.25) is 0 Å².